The Hall–Kier alpha value is -0.780. The van der Waals surface area contributed by atoms with Gasteiger partial charge in [-0.25, -0.2) is 0 Å². The van der Waals surface area contributed by atoms with Crippen molar-refractivity contribution < 1.29 is 1.43 Å². The molecule has 0 unspecified atom stereocenters. The molecule has 2 rings (SSSR count). The third-order valence-electron chi connectivity index (χ3n) is 3.15. The van der Waals surface area contributed by atoms with Gasteiger partial charge in [-0.3, -0.25) is 0 Å². The number of aryl methyl sites for hydroxylation is 1. The normalized spacial score (nSPS) is 18.8. The first kappa shape index (κ1) is 8.80. The van der Waals surface area contributed by atoms with Crippen LogP contribution in [-0.2, 0) is 0 Å². The van der Waals surface area contributed by atoms with Crippen LogP contribution in [0.5, 0.6) is 0 Å². The number of hydrogen-bond acceptors (Lipinski definition) is 0. The fourth-order valence-corrected chi connectivity index (χ4v) is 2.27. The highest BCUT2D eigenvalue weighted by Gasteiger charge is 2.14. The largest absolute Gasteiger partial charge is 0.0590 e. The van der Waals surface area contributed by atoms with Crippen LogP contribution in [0.1, 0.15) is 50.6 Å². The maximum atomic E-state index is 2.31. The minimum absolute atomic E-state index is 0. The Morgan fingerprint density at radius 1 is 1.00 bits per heavy atom. The first-order valence-electron chi connectivity index (χ1n) is 5.43. The molecule has 1 aliphatic rings. The van der Waals surface area contributed by atoms with Crippen molar-refractivity contribution in [1.29, 1.82) is 0 Å². The van der Waals surface area contributed by atoms with Gasteiger partial charge in [-0.1, -0.05) is 49.1 Å². The summed E-state index contributed by atoms with van der Waals surface area (Å²) < 4.78 is 0. The molecule has 1 saturated carbocycles. The van der Waals surface area contributed by atoms with Gasteiger partial charge in [0.05, 0.1) is 0 Å². The summed E-state index contributed by atoms with van der Waals surface area (Å²) in [6, 6.07) is 9.10. The predicted octanol–water partition coefficient (Wildman–Crippen LogP) is 4.29. The predicted molar refractivity (Wildman–Crippen MR) is 59.1 cm³/mol. The Labute approximate surface area is 82.5 Å². The molecule has 1 fully saturated rings. The Morgan fingerprint density at radius 2 is 1.62 bits per heavy atom. The molecule has 0 aliphatic heterocycles. The van der Waals surface area contributed by atoms with E-state index in [1.165, 1.54) is 37.7 Å². The van der Waals surface area contributed by atoms with E-state index in [0.717, 1.165) is 5.92 Å². The van der Waals surface area contributed by atoms with Crippen molar-refractivity contribution >= 4 is 0 Å². The Balaban J connectivity index is 0.000000980. The molecule has 0 bridgehead atoms. The van der Waals surface area contributed by atoms with E-state index in [9.17, 15) is 0 Å². The Morgan fingerprint density at radius 3 is 2.23 bits per heavy atom. The molecule has 13 heavy (non-hydrogen) atoms. The monoisotopic (exact) mass is 176 g/mol. The van der Waals surface area contributed by atoms with Gasteiger partial charge in [0.15, 0.2) is 0 Å². The highest BCUT2D eigenvalue weighted by molar-refractivity contribution is 5.24. The zero-order valence-corrected chi connectivity index (χ0v) is 8.42. The Kier molecular flexibility index (Phi) is 2.68. The number of hydrogen-bond donors (Lipinski definition) is 0. The van der Waals surface area contributed by atoms with E-state index in [1.54, 1.807) is 5.56 Å². The van der Waals surface area contributed by atoms with Crippen LogP contribution in [0.4, 0.5) is 0 Å². The van der Waals surface area contributed by atoms with E-state index < -0.39 is 0 Å². The fraction of sp³-hybridized carbons (Fsp3) is 0.538. The van der Waals surface area contributed by atoms with Gasteiger partial charge in [0.1, 0.15) is 0 Å². The quantitative estimate of drug-likeness (QED) is 0.599. The first-order chi connectivity index (χ1) is 6.36. The minimum atomic E-state index is 0. The molecular weight excluding hydrogens is 156 g/mol. The number of benzene rings is 1. The van der Waals surface area contributed by atoms with Gasteiger partial charge < -0.3 is 0 Å². The number of rotatable bonds is 1. The molecule has 0 heterocycles. The molecule has 1 aromatic carbocycles. The topological polar surface area (TPSA) is 0 Å². The SMILES string of the molecule is Cc1ccc(C2CCCCC2)cc1.[HH]. The summed E-state index contributed by atoms with van der Waals surface area (Å²) in [6.45, 7) is 2.16. The van der Waals surface area contributed by atoms with Crippen molar-refractivity contribution in [2.75, 3.05) is 0 Å². The third-order valence-corrected chi connectivity index (χ3v) is 3.15. The van der Waals surface area contributed by atoms with E-state index >= 15 is 0 Å². The average Bonchev–Trinajstić information content (AvgIpc) is 2.20. The smallest absolute Gasteiger partial charge is 0 e. The van der Waals surface area contributed by atoms with Crippen LogP contribution >= 0.6 is 0 Å². The second-order valence-corrected chi connectivity index (χ2v) is 4.25. The van der Waals surface area contributed by atoms with Crippen molar-refractivity contribution in [3.05, 3.63) is 35.4 Å². The molecule has 0 saturated heterocycles. The summed E-state index contributed by atoms with van der Waals surface area (Å²) >= 11 is 0. The van der Waals surface area contributed by atoms with Crippen molar-refractivity contribution in [1.82, 2.24) is 0 Å². The van der Waals surface area contributed by atoms with Crippen molar-refractivity contribution in [2.24, 2.45) is 0 Å². The van der Waals surface area contributed by atoms with Crippen LogP contribution in [0, 0.1) is 6.92 Å². The highest BCUT2D eigenvalue weighted by Crippen LogP contribution is 2.32. The lowest BCUT2D eigenvalue weighted by Crippen LogP contribution is -2.04. The maximum Gasteiger partial charge on any atom is 0 e. The maximum absolute atomic E-state index is 2.31. The van der Waals surface area contributed by atoms with E-state index in [-0.39, 0.29) is 1.43 Å². The molecule has 1 aliphatic carbocycles. The molecule has 0 radical (unpaired) electrons. The molecule has 0 nitrogen and oxygen atoms in total. The lowest BCUT2D eigenvalue weighted by Gasteiger charge is -2.21. The minimum Gasteiger partial charge on any atom is -0.0590 e. The molecule has 0 aromatic heterocycles. The standard InChI is InChI=1S/C13H18.H2/c1-11-7-9-13(10-8-11)12-5-3-2-4-6-12;/h7-10,12H,2-6H2,1H3;1H. The van der Waals surface area contributed by atoms with E-state index in [0.29, 0.717) is 0 Å². The first-order valence-corrected chi connectivity index (χ1v) is 5.43. The summed E-state index contributed by atoms with van der Waals surface area (Å²) in [4.78, 5) is 0. The molecule has 0 N–H and O–H groups in total. The molecule has 0 amide bonds. The van der Waals surface area contributed by atoms with Gasteiger partial charge in [0, 0.05) is 1.43 Å². The average molecular weight is 176 g/mol. The second-order valence-electron chi connectivity index (χ2n) is 4.25. The van der Waals surface area contributed by atoms with Crippen molar-refractivity contribution in [2.45, 2.75) is 44.9 Å². The van der Waals surface area contributed by atoms with E-state index in [4.69, 9.17) is 0 Å². The summed E-state index contributed by atoms with van der Waals surface area (Å²) in [5.41, 5.74) is 2.94. The van der Waals surface area contributed by atoms with Gasteiger partial charge in [0.2, 0.25) is 0 Å². The second kappa shape index (κ2) is 3.95. The summed E-state index contributed by atoms with van der Waals surface area (Å²) in [5, 5.41) is 0. The lowest BCUT2D eigenvalue weighted by molar-refractivity contribution is 0.443. The molecule has 0 atom stereocenters. The van der Waals surface area contributed by atoms with Gasteiger partial charge in [-0.15, -0.1) is 0 Å². The van der Waals surface area contributed by atoms with Gasteiger partial charge >= 0.3 is 0 Å². The molecule has 0 heteroatoms. The van der Waals surface area contributed by atoms with E-state index in [2.05, 4.69) is 31.2 Å². The van der Waals surface area contributed by atoms with Gasteiger partial charge in [0.25, 0.3) is 0 Å². The summed E-state index contributed by atoms with van der Waals surface area (Å²) in [5.74, 6) is 0.856. The molecule has 72 valence electrons. The Bertz CT molecular complexity index is 257. The highest BCUT2D eigenvalue weighted by atomic mass is 14.2. The molecular formula is C13H20. The van der Waals surface area contributed by atoms with Crippen LogP contribution in [0.25, 0.3) is 0 Å². The zero-order valence-electron chi connectivity index (χ0n) is 8.42. The summed E-state index contributed by atoms with van der Waals surface area (Å²) in [7, 11) is 0. The zero-order chi connectivity index (χ0) is 9.10. The van der Waals surface area contributed by atoms with Gasteiger partial charge in [-0.05, 0) is 31.2 Å². The third kappa shape index (κ3) is 2.12. The lowest BCUT2D eigenvalue weighted by atomic mass is 9.84. The molecule has 1 aromatic rings. The van der Waals surface area contributed by atoms with Crippen LogP contribution in [0.15, 0.2) is 24.3 Å². The van der Waals surface area contributed by atoms with E-state index in [1.807, 2.05) is 0 Å². The van der Waals surface area contributed by atoms with Crippen LogP contribution in [-0.4, -0.2) is 0 Å². The van der Waals surface area contributed by atoms with Crippen LogP contribution < -0.4 is 0 Å². The van der Waals surface area contributed by atoms with Crippen molar-refractivity contribution in [3.63, 3.8) is 0 Å². The van der Waals surface area contributed by atoms with Crippen LogP contribution in [0.2, 0.25) is 0 Å². The van der Waals surface area contributed by atoms with Crippen LogP contribution in [0.3, 0.4) is 0 Å². The fourth-order valence-electron chi connectivity index (χ4n) is 2.27. The molecule has 0 spiro atoms. The van der Waals surface area contributed by atoms with Crippen molar-refractivity contribution in [3.8, 4) is 0 Å². The summed E-state index contributed by atoms with van der Waals surface area (Å²) in [6.07, 6.45) is 7.12. The van der Waals surface area contributed by atoms with Gasteiger partial charge in [-0.2, -0.15) is 0 Å².